The molecule has 1 rings (SSSR count). The van der Waals surface area contributed by atoms with Gasteiger partial charge in [0.05, 0.1) is 0 Å². The predicted octanol–water partition coefficient (Wildman–Crippen LogP) is 3.05. The number of carbonyl (C=O) groups excluding carboxylic acids is 2. The van der Waals surface area contributed by atoms with E-state index in [1.165, 1.54) is 18.7 Å². The highest BCUT2D eigenvalue weighted by Gasteiger charge is 2.22. The fourth-order valence-corrected chi connectivity index (χ4v) is 2.38. The highest BCUT2D eigenvalue weighted by atomic mass is 35.5. The van der Waals surface area contributed by atoms with E-state index in [0.717, 1.165) is 4.90 Å². The molecule has 0 radical (unpaired) electrons. The number of ether oxygens (including phenoxy) is 1. The number of hydrogen-bond donors (Lipinski definition) is 1. The summed E-state index contributed by atoms with van der Waals surface area (Å²) in [6, 6.07) is 7.18. The van der Waals surface area contributed by atoms with Gasteiger partial charge in [-0.2, -0.15) is 0 Å². The number of amides is 1. The molecule has 0 fully saturated rings. The second-order valence-corrected chi connectivity index (χ2v) is 6.18. The normalized spacial score (nSPS) is 13.1. The van der Waals surface area contributed by atoms with E-state index in [0.29, 0.717) is 11.6 Å². The summed E-state index contributed by atoms with van der Waals surface area (Å²) < 4.78 is 5.13. The van der Waals surface area contributed by atoms with Crippen molar-refractivity contribution in [3.05, 3.63) is 41.9 Å². The maximum Gasteiger partial charge on any atom is 0.319 e. The van der Waals surface area contributed by atoms with E-state index in [-0.39, 0.29) is 5.91 Å². The lowest BCUT2D eigenvalue weighted by molar-refractivity contribution is -0.153. The molecule has 0 aromatic heterocycles. The summed E-state index contributed by atoms with van der Waals surface area (Å²) in [5.74, 6) is -0.775. The SMILES string of the molecule is C=CCNC(=O)[C@@H](C)OC(=O)[C@@H](C)Sc1ccc(Cl)cc1. The molecule has 1 aromatic carbocycles. The molecule has 1 amide bonds. The van der Waals surface area contributed by atoms with E-state index in [4.69, 9.17) is 16.3 Å². The van der Waals surface area contributed by atoms with Gasteiger partial charge in [-0.3, -0.25) is 9.59 Å². The zero-order valence-electron chi connectivity index (χ0n) is 12.0. The third kappa shape index (κ3) is 6.23. The standard InChI is InChI=1S/C15H18ClNO3S/c1-4-9-17-14(18)10(2)20-15(19)11(3)21-13-7-5-12(16)6-8-13/h4-8,10-11H,1,9H2,2-3H3,(H,17,18)/t10-,11-/m1/s1. The zero-order valence-corrected chi connectivity index (χ0v) is 13.5. The maximum atomic E-state index is 11.9. The largest absolute Gasteiger partial charge is 0.452 e. The van der Waals surface area contributed by atoms with Crippen molar-refractivity contribution in [2.45, 2.75) is 30.1 Å². The molecule has 4 nitrogen and oxygen atoms in total. The Morgan fingerprint density at radius 1 is 1.38 bits per heavy atom. The van der Waals surface area contributed by atoms with Crippen molar-refractivity contribution in [3.63, 3.8) is 0 Å². The molecule has 21 heavy (non-hydrogen) atoms. The van der Waals surface area contributed by atoms with Gasteiger partial charge in [0.1, 0.15) is 5.25 Å². The molecule has 0 aliphatic rings. The van der Waals surface area contributed by atoms with Gasteiger partial charge < -0.3 is 10.1 Å². The van der Waals surface area contributed by atoms with Crippen LogP contribution in [0.1, 0.15) is 13.8 Å². The van der Waals surface area contributed by atoms with E-state index < -0.39 is 17.3 Å². The first kappa shape index (κ1) is 17.6. The Morgan fingerprint density at radius 3 is 2.57 bits per heavy atom. The van der Waals surface area contributed by atoms with Crippen LogP contribution in [0.2, 0.25) is 5.02 Å². The Kier molecular flexibility index (Phi) is 7.32. The number of rotatable bonds is 7. The number of halogens is 1. The second-order valence-electron chi connectivity index (χ2n) is 4.33. The molecule has 0 bridgehead atoms. The Morgan fingerprint density at radius 2 is 2.00 bits per heavy atom. The first-order valence-corrected chi connectivity index (χ1v) is 7.71. The quantitative estimate of drug-likeness (QED) is 0.475. The first-order chi connectivity index (χ1) is 9.93. The summed E-state index contributed by atoms with van der Waals surface area (Å²) in [5, 5.41) is 2.80. The van der Waals surface area contributed by atoms with Crippen LogP contribution in [0.4, 0.5) is 0 Å². The van der Waals surface area contributed by atoms with Crippen molar-refractivity contribution < 1.29 is 14.3 Å². The Balaban J connectivity index is 2.48. The van der Waals surface area contributed by atoms with Crippen molar-refractivity contribution in [1.82, 2.24) is 5.32 Å². The molecule has 0 aliphatic heterocycles. The third-order valence-electron chi connectivity index (χ3n) is 2.54. The van der Waals surface area contributed by atoms with Crippen LogP contribution in [-0.4, -0.2) is 29.8 Å². The lowest BCUT2D eigenvalue weighted by Gasteiger charge is -2.16. The Bertz CT molecular complexity index is 504. The fraction of sp³-hybridized carbons (Fsp3) is 0.333. The van der Waals surface area contributed by atoms with Crippen LogP contribution in [0.25, 0.3) is 0 Å². The minimum Gasteiger partial charge on any atom is -0.452 e. The molecule has 0 unspecified atom stereocenters. The summed E-state index contributed by atoms with van der Waals surface area (Å²) in [5.41, 5.74) is 0. The van der Waals surface area contributed by atoms with Crippen LogP contribution in [0.3, 0.4) is 0 Å². The molecule has 2 atom stereocenters. The van der Waals surface area contributed by atoms with E-state index in [2.05, 4.69) is 11.9 Å². The highest BCUT2D eigenvalue weighted by molar-refractivity contribution is 8.00. The maximum absolute atomic E-state index is 11.9. The minimum absolute atomic E-state index is 0.341. The second kappa shape index (κ2) is 8.74. The molecule has 114 valence electrons. The molecule has 0 aliphatic carbocycles. The van der Waals surface area contributed by atoms with Gasteiger partial charge in [0.2, 0.25) is 0 Å². The van der Waals surface area contributed by atoms with Crippen LogP contribution in [0.5, 0.6) is 0 Å². The van der Waals surface area contributed by atoms with Gasteiger partial charge in [-0.05, 0) is 38.1 Å². The van der Waals surface area contributed by atoms with Crippen LogP contribution >= 0.6 is 23.4 Å². The lowest BCUT2D eigenvalue weighted by Crippen LogP contribution is -2.37. The van der Waals surface area contributed by atoms with E-state index in [1.807, 2.05) is 12.1 Å². The summed E-state index contributed by atoms with van der Waals surface area (Å²) in [4.78, 5) is 24.4. The molecule has 1 N–H and O–H groups in total. The number of esters is 1. The molecule has 1 aromatic rings. The van der Waals surface area contributed by atoms with Crippen LogP contribution in [-0.2, 0) is 14.3 Å². The van der Waals surface area contributed by atoms with E-state index >= 15 is 0 Å². The number of carbonyl (C=O) groups is 2. The number of thioether (sulfide) groups is 1. The van der Waals surface area contributed by atoms with E-state index in [9.17, 15) is 9.59 Å². The predicted molar refractivity (Wildman–Crippen MR) is 85.5 cm³/mol. The molecular formula is C15H18ClNO3S. The Labute approximate surface area is 133 Å². The zero-order chi connectivity index (χ0) is 15.8. The molecule has 6 heteroatoms. The molecule has 0 spiro atoms. The molecule has 0 saturated heterocycles. The summed E-state index contributed by atoms with van der Waals surface area (Å²) >= 11 is 7.15. The van der Waals surface area contributed by atoms with E-state index in [1.54, 1.807) is 25.1 Å². The van der Waals surface area contributed by atoms with Crippen molar-refractivity contribution in [2.75, 3.05) is 6.54 Å². The van der Waals surface area contributed by atoms with Gasteiger partial charge in [-0.15, -0.1) is 18.3 Å². The topological polar surface area (TPSA) is 55.4 Å². The number of hydrogen-bond acceptors (Lipinski definition) is 4. The highest BCUT2D eigenvalue weighted by Crippen LogP contribution is 2.25. The smallest absolute Gasteiger partial charge is 0.319 e. The summed E-state index contributed by atoms with van der Waals surface area (Å²) in [6.45, 7) is 7.11. The van der Waals surface area contributed by atoms with Gasteiger partial charge in [-0.1, -0.05) is 17.7 Å². The summed E-state index contributed by atoms with van der Waals surface area (Å²) in [6.07, 6.45) is 0.733. The number of nitrogens with one attached hydrogen (secondary N) is 1. The van der Waals surface area contributed by atoms with Gasteiger partial charge in [-0.25, -0.2) is 0 Å². The average molecular weight is 328 g/mol. The van der Waals surface area contributed by atoms with Crippen LogP contribution in [0.15, 0.2) is 41.8 Å². The van der Waals surface area contributed by atoms with Crippen molar-refractivity contribution in [1.29, 1.82) is 0 Å². The minimum atomic E-state index is -0.828. The molecular weight excluding hydrogens is 310 g/mol. The lowest BCUT2D eigenvalue weighted by atomic mass is 10.3. The summed E-state index contributed by atoms with van der Waals surface area (Å²) in [7, 11) is 0. The third-order valence-corrected chi connectivity index (χ3v) is 3.88. The van der Waals surface area contributed by atoms with Gasteiger partial charge in [0.25, 0.3) is 5.91 Å². The molecule has 0 heterocycles. The van der Waals surface area contributed by atoms with Crippen molar-refractivity contribution in [2.24, 2.45) is 0 Å². The average Bonchev–Trinajstić information content (AvgIpc) is 2.46. The van der Waals surface area contributed by atoms with Crippen LogP contribution < -0.4 is 5.32 Å². The fourth-order valence-electron chi connectivity index (χ4n) is 1.41. The monoisotopic (exact) mass is 327 g/mol. The van der Waals surface area contributed by atoms with Gasteiger partial charge in [0, 0.05) is 16.5 Å². The van der Waals surface area contributed by atoms with Crippen molar-refractivity contribution >= 4 is 35.2 Å². The van der Waals surface area contributed by atoms with Gasteiger partial charge in [0.15, 0.2) is 6.10 Å². The molecule has 0 saturated carbocycles. The number of benzene rings is 1. The first-order valence-electron chi connectivity index (χ1n) is 6.45. The van der Waals surface area contributed by atoms with Gasteiger partial charge >= 0.3 is 5.97 Å². The van der Waals surface area contributed by atoms with Crippen molar-refractivity contribution in [3.8, 4) is 0 Å². The Hall–Kier alpha value is -1.46. The van der Waals surface area contributed by atoms with Crippen LogP contribution in [0, 0.1) is 0 Å².